The number of fused-ring (bicyclic) bond motifs is 8. The highest BCUT2D eigenvalue weighted by Gasteiger charge is 2.20. The molecule has 0 aliphatic heterocycles. The third kappa shape index (κ3) is 5.70. The topological polar surface area (TPSA) is 42.4 Å². The normalized spacial score (nSPS) is 11.7. The number of aromatic nitrogens is 1. The van der Waals surface area contributed by atoms with E-state index in [1.165, 1.54) is 36.9 Å². The van der Waals surface area contributed by atoms with E-state index in [1.807, 2.05) is 53.8 Å². The summed E-state index contributed by atoms with van der Waals surface area (Å²) < 4.78 is 15.7. The number of hydrogen-bond donors (Lipinski definition) is 0. The summed E-state index contributed by atoms with van der Waals surface area (Å²) in [6.07, 6.45) is 0. The quantitative estimate of drug-likeness (QED) is 0.161. The van der Waals surface area contributed by atoms with Gasteiger partial charge in [-0.05, 0) is 94.5 Å². The van der Waals surface area contributed by atoms with Crippen LogP contribution in [0.15, 0.2) is 215 Å². The molecule has 0 saturated heterocycles. The third-order valence-electron chi connectivity index (χ3n) is 11.5. The Hall–Kier alpha value is -7.73. The monoisotopic (exact) mass is 786 g/mol. The number of anilines is 3. The van der Waals surface area contributed by atoms with E-state index in [-0.39, 0.29) is 0 Å². The molecule has 0 N–H and O–H groups in total. The van der Waals surface area contributed by atoms with Crippen LogP contribution in [0.25, 0.3) is 98.0 Å². The van der Waals surface area contributed by atoms with Crippen molar-refractivity contribution in [1.82, 2.24) is 4.98 Å². The van der Waals surface area contributed by atoms with Crippen molar-refractivity contribution in [2.75, 3.05) is 4.90 Å². The summed E-state index contributed by atoms with van der Waals surface area (Å²) in [6, 6.07) is 72.8. The van der Waals surface area contributed by atoms with Crippen LogP contribution in [0.2, 0.25) is 0 Å². The van der Waals surface area contributed by atoms with Gasteiger partial charge in [-0.15, -0.1) is 11.3 Å². The van der Waals surface area contributed by atoms with Crippen LogP contribution in [0.4, 0.5) is 17.1 Å². The molecule has 3 aromatic heterocycles. The fourth-order valence-corrected chi connectivity index (χ4v) is 9.89. The number of benzene rings is 9. The van der Waals surface area contributed by atoms with E-state index < -0.39 is 0 Å². The molecule has 12 rings (SSSR count). The van der Waals surface area contributed by atoms with Gasteiger partial charge in [0.1, 0.15) is 16.7 Å². The van der Waals surface area contributed by atoms with Crippen LogP contribution in [0, 0.1) is 0 Å². The Kier molecular flexibility index (Phi) is 8.00. The van der Waals surface area contributed by atoms with Crippen LogP contribution >= 0.6 is 11.3 Å². The van der Waals surface area contributed by atoms with Gasteiger partial charge in [0.05, 0.1) is 5.39 Å². The zero-order chi connectivity index (χ0) is 39.6. The molecule has 0 radical (unpaired) electrons. The minimum Gasteiger partial charge on any atom is -0.455 e. The Morgan fingerprint density at radius 3 is 1.78 bits per heavy atom. The SMILES string of the molecule is c1ccc(-c2cccc(N(c3ccc(-c4cccc5c4oc4ccc6nc(-c7ccccc7)oc6c45)cc3)c3ccc(-c4cccc5c4sc4ccccc45)cc3)c2)cc1. The lowest BCUT2D eigenvalue weighted by molar-refractivity contribution is 0.622. The van der Waals surface area contributed by atoms with Gasteiger partial charge in [0.15, 0.2) is 5.58 Å². The van der Waals surface area contributed by atoms with Gasteiger partial charge in [-0.3, -0.25) is 0 Å². The Balaban J connectivity index is 0.949. The molecular weight excluding hydrogens is 753 g/mol. The summed E-state index contributed by atoms with van der Waals surface area (Å²) in [4.78, 5) is 7.17. The zero-order valence-corrected chi connectivity index (χ0v) is 33.1. The Morgan fingerprint density at radius 1 is 0.400 bits per heavy atom. The lowest BCUT2D eigenvalue weighted by Gasteiger charge is -2.26. The molecule has 282 valence electrons. The average Bonchev–Trinajstić information content (AvgIpc) is 4.04. The van der Waals surface area contributed by atoms with E-state index in [1.54, 1.807) is 0 Å². The van der Waals surface area contributed by atoms with E-state index in [0.717, 1.165) is 72.4 Å². The molecule has 3 heterocycles. The first-order valence-electron chi connectivity index (χ1n) is 20.1. The van der Waals surface area contributed by atoms with Crippen LogP contribution < -0.4 is 4.90 Å². The fourth-order valence-electron chi connectivity index (χ4n) is 8.66. The van der Waals surface area contributed by atoms with Gasteiger partial charge in [0, 0.05) is 53.7 Å². The minimum absolute atomic E-state index is 0.598. The predicted molar refractivity (Wildman–Crippen MR) is 251 cm³/mol. The van der Waals surface area contributed by atoms with E-state index in [0.29, 0.717) is 5.89 Å². The van der Waals surface area contributed by atoms with Gasteiger partial charge in [-0.2, -0.15) is 0 Å². The molecule has 0 fully saturated rings. The maximum absolute atomic E-state index is 6.63. The van der Waals surface area contributed by atoms with Gasteiger partial charge in [-0.1, -0.05) is 140 Å². The van der Waals surface area contributed by atoms with Crippen molar-refractivity contribution in [1.29, 1.82) is 0 Å². The van der Waals surface area contributed by atoms with Crippen molar-refractivity contribution in [3.8, 4) is 44.8 Å². The smallest absolute Gasteiger partial charge is 0.227 e. The average molecular weight is 787 g/mol. The second-order valence-corrected chi connectivity index (χ2v) is 16.1. The number of rotatable bonds is 7. The molecule has 0 aliphatic rings. The summed E-state index contributed by atoms with van der Waals surface area (Å²) in [5.74, 6) is 0.598. The first kappa shape index (κ1) is 34.3. The number of nitrogens with zero attached hydrogens (tertiary/aromatic N) is 2. The largest absolute Gasteiger partial charge is 0.455 e. The number of hydrogen-bond acceptors (Lipinski definition) is 5. The Bertz CT molecular complexity index is 3530. The molecule has 5 heteroatoms. The summed E-state index contributed by atoms with van der Waals surface area (Å²) in [7, 11) is 0. The molecular formula is C55H34N2O2S. The molecule has 60 heavy (non-hydrogen) atoms. The van der Waals surface area contributed by atoms with Crippen molar-refractivity contribution >= 4 is 81.6 Å². The van der Waals surface area contributed by atoms with Crippen molar-refractivity contribution < 1.29 is 8.83 Å². The highest BCUT2D eigenvalue weighted by molar-refractivity contribution is 7.26. The maximum Gasteiger partial charge on any atom is 0.227 e. The van der Waals surface area contributed by atoms with E-state index in [2.05, 4.69) is 169 Å². The molecule has 0 aliphatic carbocycles. The summed E-state index contributed by atoms with van der Waals surface area (Å²) in [6.45, 7) is 0. The summed E-state index contributed by atoms with van der Waals surface area (Å²) in [5, 5.41) is 4.55. The second-order valence-electron chi connectivity index (χ2n) is 15.1. The lowest BCUT2D eigenvalue weighted by Crippen LogP contribution is -2.10. The predicted octanol–water partition coefficient (Wildman–Crippen LogP) is 16.2. The number of thiophene rings is 1. The number of para-hydroxylation sites is 1. The molecule has 0 spiro atoms. The van der Waals surface area contributed by atoms with Crippen molar-refractivity contribution in [3.63, 3.8) is 0 Å². The Labute approximate surface area is 349 Å². The standard InChI is InChI=1S/C55H34N2O2S/c1-3-12-35(13-4-1)39-16-9-17-42(34-39)57(41-30-26-37(27-31-41)44-20-11-21-46-45-18-7-8-23-50(45)60-54(44)46)40-28-24-36(25-29-40)43-19-10-22-47-51-49(58-52(43)47)33-32-48-53(51)59-55(56-48)38-14-5-2-6-15-38/h1-34H. The minimum atomic E-state index is 0.598. The van der Waals surface area contributed by atoms with Crippen molar-refractivity contribution in [2.45, 2.75) is 0 Å². The van der Waals surface area contributed by atoms with Gasteiger partial charge >= 0.3 is 0 Å². The number of oxazole rings is 1. The maximum atomic E-state index is 6.63. The van der Waals surface area contributed by atoms with E-state index in [4.69, 9.17) is 13.8 Å². The lowest BCUT2D eigenvalue weighted by atomic mass is 10.0. The second kappa shape index (κ2) is 14.0. The van der Waals surface area contributed by atoms with E-state index in [9.17, 15) is 0 Å². The van der Waals surface area contributed by atoms with Crippen molar-refractivity contribution in [2.24, 2.45) is 0 Å². The van der Waals surface area contributed by atoms with Crippen molar-refractivity contribution in [3.05, 3.63) is 206 Å². The fraction of sp³-hybridized carbons (Fsp3) is 0. The van der Waals surface area contributed by atoms with Gasteiger partial charge in [0.2, 0.25) is 5.89 Å². The molecule has 0 atom stereocenters. The van der Waals surface area contributed by atoms with Gasteiger partial charge < -0.3 is 13.7 Å². The molecule has 0 unspecified atom stereocenters. The van der Waals surface area contributed by atoms with Crippen LogP contribution in [0.5, 0.6) is 0 Å². The summed E-state index contributed by atoms with van der Waals surface area (Å²) >= 11 is 1.86. The van der Waals surface area contributed by atoms with Crippen LogP contribution in [0.1, 0.15) is 0 Å². The number of furan rings is 1. The molecule has 0 amide bonds. The molecule has 0 saturated carbocycles. The zero-order valence-electron chi connectivity index (χ0n) is 32.2. The van der Waals surface area contributed by atoms with E-state index >= 15 is 0 Å². The third-order valence-corrected chi connectivity index (χ3v) is 12.7. The van der Waals surface area contributed by atoms with Crippen LogP contribution in [0.3, 0.4) is 0 Å². The van der Waals surface area contributed by atoms with Crippen LogP contribution in [-0.4, -0.2) is 4.98 Å². The molecule has 0 bridgehead atoms. The van der Waals surface area contributed by atoms with Crippen LogP contribution in [-0.2, 0) is 0 Å². The molecule has 12 aromatic rings. The molecule has 4 nitrogen and oxygen atoms in total. The van der Waals surface area contributed by atoms with Gasteiger partial charge in [0.25, 0.3) is 0 Å². The first-order chi connectivity index (χ1) is 29.7. The first-order valence-corrected chi connectivity index (χ1v) is 20.9. The summed E-state index contributed by atoms with van der Waals surface area (Å²) in [5.41, 5.74) is 14.2. The Morgan fingerprint density at radius 2 is 1.02 bits per heavy atom. The highest BCUT2D eigenvalue weighted by atomic mass is 32.1. The highest BCUT2D eigenvalue weighted by Crippen LogP contribution is 2.44. The molecule has 9 aromatic carbocycles. The van der Waals surface area contributed by atoms with Gasteiger partial charge in [-0.25, -0.2) is 4.98 Å².